The molecular formula is C23H26F3NO4. The number of hydrogen-bond acceptors (Lipinski definition) is 4. The normalized spacial score (nSPS) is 11.9. The molecule has 0 aromatic heterocycles. The Labute approximate surface area is 179 Å². The summed E-state index contributed by atoms with van der Waals surface area (Å²) in [6, 6.07) is 10.0. The van der Waals surface area contributed by atoms with Crippen LogP contribution in [0, 0.1) is 0 Å². The van der Waals surface area contributed by atoms with Gasteiger partial charge >= 0.3 is 12.1 Å². The molecule has 0 fully saturated rings. The predicted molar refractivity (Wildman–Crippen MR) is 111 cm³/mol. The van der Waals surface area contributed by atoms with Crippen molar-refractivity contribution >= 4 is 17.6 Å². The molecule has 0 aliphatic rings. The molecule has 0 heterocycles. The lowest BCUT2D eigenvalue weighted by Crippen LogP contribution is -2.25. The van der Waals surface area contributed by atoms with Crippen molar-refractivity contribution in [1.82, 2.24) is 0 Å². The van der Waals surface area contributed by atoms with Crippen molar-refractivity contribution in [2.24, 2.45) is 0 Å². The van der Waals surface area contributed by atoms with E-state index in [9.17, 15) is 22.8 Å². The maximum absolute atomic E-state index is 13.1. The molecular weight excluding hydrogens is 411 g/mol. The van der Waals surface area contributed by atoms with E-state index < -0.39 is 23.3 Å². The van der Waals surface area contributed by atoms with E-state index >= 15 is 0 Å². The van der Waals surface area contributed by atoms with E-state index in [2.05, 4.69) is 0 Å². The fourth-order valence-corrected chi connectivity index (χ4v) is 2.68. The molecule has 0 unspecified atom stereocenters. The molecule has 2 aromatic carbocycles. The number of benzene rings is 2. The van der Waals surface area contributed by atoms with Gasteiger partial charge in [-0.3, -0.25) is 4.79 Å². The fourth-order valence-electron chi connectivity index (χ4n) is 2.68. The smallest absolute Gasteiger partial charge is 0.416 e. The number of carbonyl (C=O) groups is 2. The van der Waals surface area contributed by atoms with Crippen LogP contribution in [-0.4, -0.2) is 24.5 Å². The summed E-state index contributed by atoms with van der Waals surface area (Å²) in [5.41, 5.74) is -0.114. The van der Waals surface area contributed by atoms with Gasteiger partial charge in [0.05, 0.1) is 24.3 Å². The van der Waals surface area contributed by atoms with Crippen LogP contribution >= 0.6 is 0 Å². The van der Waals surface area contributed by atoms with Crippen LogP contribution in [0.2, 0.25) is 0 Å². The zero-order valence-corrected chi connectivity index (χ0v) is 18.2. The number of halogens is 3. The summed E-state index contributed by atoms with van der Waals surface area (Å²) in [6.45, 7) is 6.50. The Kier molecular flexibility index (Phi) is 7.49. The second kappa shape index (κ2) is 9.51. The zero-order valence-electron chi connectivity index (χ0n) is 18.2. The molecule has 0 radical (unpaired) electrons. The Hall–Kier alpha value is -2.87. The highest BCUT2D eigenvalue weighted by molar-refractivity contribution is 5.92. The van der Waals surface area contributed by atoms with Crippen LogP contribution in [0.25, 0.3) is 0 Å². The van der Waals surface area contributed by atoms with Crippen LogP contribution in [0.3, 0.4) is 0 Å². The highest BCUT2D eigenvalue weighted by atomic mass is 19.4. The van der Waals surface area contributed by atoms with E-state index in [-0.39, 0.29) is 24.7 Å². The average molecular weight is 437 g/mol. The van der Waals surface area contributed by atoms with Gasteiger partial charge in [-0.25, -0.2) is 4.79 Å². The second-order valence-electron chi connectivity index (χ2n) is 8.11. The standard InChI is InChI=1S/C23H26F3NO4/c1-15(28)27(5)19-10-6-16(7-11-19)13-30-14-17-8-9-18(23(24,25)26)12-20(17)21(29)31-22(2,3)4/h6-12H,13-14H2,1-5H3. The molecule has 0 N–H and O–H groups in total. The van der Waals surface area contributed by atoms with E-state index in [1.54, 1.807) is 52.1 Å². The molecule has 0 spiro atoms. The third kappa shape index (κ3) is 7.10. The molecule has 168 valence electrons. The van der Waals surface area contributed by atoms with Crippen LogP contribution in [0.5, 0.6) is 0 Å². The number of nitrogens with zero attached hydrogens (tertiary/aromatic N) is 1. The van der Waals surface area contributed by atoms with Gasteiger partial charge < -0.3 is 14.4 Å². The zero-order chi connectivity index (χ0) is 23.4. The Balaban J connectivity index is 2.15. The molecule has 0 aliphatic carbocycles. The van der Waals surface area contributed by atoms with Gasteiger partial charge in [0.1, 0.15) is 5.60 Å². The summed E-state index contributed by atoms with van der Waals surface area (Å²) in [7, 11) is 1.66. The lowest BCUT2D eigenvalue weighted by atomic mass is 10.0. The van der Waals surface area contributed by atoms with Crippen LogP contribution < -0.4 is 4.90 Å². The monoisotopic (exact) mass is 437 g/mol. The molecule has 0 saturated carbocycles. The van der Waals surface area contributed by atoms with Gasteiger partial charge in [0.25, 0.3) is 0 Å². The van der Waals surface area contributed by atoms with E-state index in [1.807, 2.05) is 0 Å². The fraction of sp³-hybridized carbons (Fsp3) is 0.391. The quantitative estimate of drug-likeness (QED) is 0.571. The molecule has 2 rings (SSSR count). The summed E-state index contributed by atoms with van der Waals surface area (Å²) in [4.78, 5) is 25.4. The molecule has 0 aliphatic heterocycles. The van der Waals surface area contributed by atoms with Crippen LogP contribution in [-0.2, 0) is 33.7 Å². The third-order valence-corrected chi connectivity index (χ3v) is 4.38. The predicted octanol–water partition coefficient (Wildman–Crippen LogP) is 5.36. The Morgan fingerprint density at radius 2 is 1.58 bits per heavy atom. The van der Waals surface area contributed by atoms with Gasteiger partial charge in [0.15, 0.2) is 0 Å². The van der Waals surface area contributed by atoms with E-state index in [4.69, 9.17) is 9.47 Å². The number of hydrogen-bond donors (Lipinski definition) is 0. The first-order valence-electron chi connectivity index (χ1n) is 9.62. The first-order valence-corrected chi connectivity index (χ1v) is 9.62. The molecule has 0 saturated heterocycles. The van der Waals surface area contributed by atoms with Gasteiger partial charge in [-0.1, -0.05) is 18.2 Å². The number of esters is 1. The van der Waals surface area contributed by atoms with Crippen molar-refractivity contribution in [2.45, 2.75) is 52.7 Å². The maximum atomic E-state index is 13.1. The van der Waals surface area contributed by atoms with Crippen molar-refractivity contribution in [3.63, 3.8) is 0 Å². The molecule has 0 atom stereocenters. The lowest BCUT2D eigenvalue weighted by molar-refractivity contribution is -0.137. The molecule has 0 bridgehead atoms. The first-order chi connectivity index (χ1) is 14.3. The summed E-state index contributed by atoms with van der Waals surface area (Å²) in [5.74, 6) is -0.935. The minimum absolute atomic E-state index is 0.0676. The minimum Gasteiger partial charge on any atom is -0.456 e. The van der Waals surface area contributed by atoms with E-state index in [0.29, 0.717) is 5.56 Å². The highest BCUT2D eigenvalue weighted by Gasteiger charge is 2.32. The number of anilines is 1. The van der Waals surface area contributed by atoms with E-state index in [0.717, 1.165) is 23.4 Å². The summed E-state index contributed by atoms with van der Waals surface area (Å²) >= 11 is 0. The Morgan fingerprint density at radius 3 is 2.10 bits per heavy atom. The topological polar surface area (TPSA) is 55.8 Å². The first kappa shape index (κ1) is 24.4. The SMILES string of the molecule is CC(=O)N(C)c1ccc(COCc2ccc(C(F)(F)F)cc2C(=O)OC(C)(C)C)cc1. The van der Waals surface area contributed by atoms with Gasteiger partial charge in [0.2, 0.25) is 5.91 Å². The third-order valence-electron chi connectivity index (χ3n) is 4.38. The minimum atomic E-state index is -4.58. The molecule has 31 heavy (non-hydrogen) atoms. The van der Waals surface area contributed by atoms with Crippen LogP contribution in [0.15, 0.2) is 42.5 Å². The molecule has 8 heteroatoms. The number of rotatable bonds is 6. The van der Waals surface area contributed by atoms with Gasteiger partial charge in [-0.05, 0) is 56.2 Å². The Bertz CT molecular complexity index is 931. The lowest BCUT2D eigenvalue weighted by Gasteiger charge is -2.21. The van der Waals surface area contributed by atoms with Crippen LogP contribution in [0.4, 0.5) is 18.9 Å². The van der Waals surface area contributed by atoms with E-state index in [1.165, 1.54) is 17.9 Å². The summed E-state index contributed by atoms with van der Waals surface area (Å²) in [6.07, 6.45) is -4.58. The molecule has 2 aromatic rings. The molecule has 5 nitrogen and oxygen atoms in total. The number of alkyl halides is 3. The highest BCUT2D eigenvalue weighted by Crippen LogP contribution is 2.31. The number of ether oxygens (including phenoxy) is 2. The van der Waals surface area contributed by atoms with Gasteiger partial charge in [-0.15, -0.1) is 0 Å². The second-order valence-corrected chi connectivity index (χ2v) is 8.11. The van der Waals surface area contributed by atoms with Crippen molar-refractivity contribution in [1.29, 1.82) is 0 Å². The maximum Gasteiger partial charge on any atom is 0.416 e. The van der Waals surface area contributed by atoms with Crippen molar-refractivity contribution in [3.05, 3.63) is 64.7 Å². The number of carbonyl (C=O) groups excluding carboxylic acids is 2. The van der Waals surface area contributed by atoms with Crippen molar-refractivity contribution in [3.8, 4) is 0 Å². The van der Waals surface area contributed by atoms with Gasteiger partial charge in [0, 0.05) is 19.7 Å². The van der Waals surface area contributed by atoms with Crippen LogP contribution in [0.1, 0.15) is 54.7 Å². The molecule has 1 amide bonds. The average Bonchev–Trinajstić information content (AvgIpc) is 2.66. The summed E-state index contributed by atoms with van der Waals surface area (Å²) < 4.78 is 50.2. The Morgan fingerprint density at radius 1 is 0.968 bits per heavy atom. The largest absolute Gasteiger partial charge is 0.456 e. The van der Waals surface area contributed by atoms with Crippen molar-refractivity contribution in [2.75, 3.05) is 11.9 Å². The van der Waals surface area contributed by atoms with Crippen molar-refractivity contribution < 1.29 is 32.2 Å². The van der Waals surface area contributed by atoms with Gasteiger partial charge in [-0.2, -0.15) is 13.2 Å². The number of amides is 1. The summed E-state index contributed by atoms with van der Waals surface area (Å²) in [5, 5.41) is 0.